The van der Waals surface area contributed by atoms with E-state index in [1.807, 2.05) is 0 Å². The Kier molecular flexibility index (Phi) is 6.20. The molecule has 0 aromatic rings. The molecule has 2 heteroatoms. The van der Waals surface area contributed by atoms with E-state index in [1.54, 1.807) is 0 Å². The van der Waals surface area contributed by atoms with Crippen LogP contribution in [0.15, 0.2) is 0 Å². The Morgan fingerprint density at radius 1 is 1.25 bits per heavy atom. The van der Waals surface area contributed by atoms with Crippen molar-refractivity contribution in [2.45, 2.75) is 65.3 Å². The van der Waals surface area contributed by atoms with Crippen LogP contribution in [0.1, 0.15) is 59.3 Å². The predicted molar refractivity (Wildman–Crippen MR) is 76.4 cm³/mol. The van der Waals surface area contributed by atoms with Crippen LogP contribution in [0.5, 0.6) is 0 Å². The lowest BCUT2D eigenvalue weighted by Crippen LogP contribution is -2.46. The molecule has 0 amide bonds. The molecule has 1 aliphatic rings. The van der Waals surface area contributed by atoms with Gasteiger partial charge in [0.1, 0.15) is 0 Å². The minimum atomic E-state index is 0.555. The van der Waals surface area contributed by atoms with Crippen molar-refractivity contribution in [2.75, 3.05) is 18.8 Å². The van der Waals surface area contributed by atoms with Gasteiger partial charge in [-0.3, -0.25) is 0 Å². The van der Waals surface area contributed by atoms with Crippen LogP contribution in [0.25, 0.3) is 0 Å². The van der Waals surface area contributed by atoms with E-state index < -0.39 is 0 Å². The SMILES string of the molecule is CCCCCN(CC1(CS)CCC1)C(C)C. The topological polar surface area (TPSA) is 3.24 Å². The minimum absolute atomic E-state index is 0.555. The monoisotopic (exact) mass is 243 g/mol. The lowest BCUT2D eigenvalue weighted by molar-refractivity contribution is 0.0714. The van der Waals surface area contributed by atoms with E-state index in [0.29, 0.717) is 11.5 Å². The van der Waals surface area contributed by atoms with Crippen LogP contribution < -0.4 is 0 Å². The van der Waals surface area contributed by atoms with Crippen molar-refractivity contribution < 1.29 is 0 Å². The molecule has 0 radical (unpaired) electrons. The molecule has 0 unspecified atom stereocenters. The van der Waals surface area contributed by atoms with Gasteiger partial charge in [0.05, 0.1) is 0 Å². The number of nitrogens with zero attached hydrogens (tertiary/aromatic N) is 1. The maximum atomic E-state index is 4.56. The fourth-order valence-electron chi connectivity index (χ4n) is 2.56. The zero-order chi connectivity index (χ0) is 12.0. The lowest BCUT2D eigenvalue weighted by atomic mass is 9.69. The first-order chi connectivity index (χ1) is 7.63. The van der Waals surface area contributed by atoms with Crippen LogP contribution in [0.4, 0.5) is 0 Å². The van der Waals surface area contributed by atoms with Gasteiger partial charge < -0.3 is 4.90 Å². The molecule has 1 aliphatic carbocycles. The van der Waals surface area contributed by atoms with Gasteiger partial charge in [-0.2, -0.15) is 12.6 Å². The Morgan fingerprint density at radius 3 is 2.31 bits per heavy atom. The van der Waals surface area contributed by atoms with Crippen LogP contribution in [-0.2, 0) is 0 Å². The summed E-state index contributed by atoms with van der Waals surface area (Å²) in [6.45, 7) is 9.49. The Balaban J connectivity index is 2.37. The molecular formula is C14H29NS. The summed E-state index contributed by atoms with van der Waals surface area (Å²) >= 11 is 4.56. The highest BCUT2D eigenvalue weighted by Crippen LogP contribution is 2.42. The van der Waals surface area contributed by atoms with Crippen molar-refractivity contribution in [3.63, 3.8) is 0 Å². The molecule has 16 heavy (non-hydrogen) atoms. The highest BCUT2D eigenvalue weighted by molar-refractivity contribution is 7.80. The van der Waals surface area contributed by atoms with Crippen LogP contribution in [-0.4, -0.2) is 29.8 Å². The lowest BCUT2D eigenvalue weighted by Gasteiger charge is -2.45. The zero-order valence-corrected chi connectivity index (χ0v) is 12.2. The van der Waals surface area contributed by atoms with Crippen molar-refractivity contribution in [1.82, 2.24) is 4.90 Å². The molecular weight excluding hydrogens is 214 g/mol. The molecule has 0 aromatic heterocycles. The zero-order valence-electron chi connectivity index (χ0n) is 11.3. The Hall–Kier alpha value is 0.310. The van der Waals surface area contributed by atoms with Gasteiger partial charge in [-0.15, -0.1) is 0 Å². The summed E-state index contributed by atoms with van der Waals surface area (Å²) in [7, 11) is 0. The van der Waals surface area contributed by atoms with E-state index in [1.165, 1.54) is 51.6 Å². The van der Waals surface area contributed by atoms with Crippen molar-refractivity contribution >= 4 is 12.6 Å². The standard InChI is InChI=1S/C14H29NS/c1-4-5-6-10-15(13(2)3)11-14(12-16)8-7-9-14/h13,16H,4-12H2,1-3H3. The number of hydrogen-bond acceptors (Lipinski definition) is 2. The van der Waals surface area contributed by atoms with Gasteiger partial charge in [0, 0.05) is 12.6 Å². The van der Waals surface area contributed by atoms with Gasteiger partial charge in [0.15, 0.2) is 0 Å². The largest absolute Gasteiger partial charge is 0.300 e. The van der Waals surface area contributed by atoms with Crippen LogP contribution in [0.2, 0.25) is 0 Å². The van der Waals surface area contributed by atoms with Crippen molar-refractivity contribution in [2.24, 2.45) is 5.41 Å². The summed E-state index contributed by atoms with van der Waals surface area (Å²) in [6, 6.07) is 0.689. The van der Waals surface area contributed by atoms with Crippen LogP contribution in [0, 0.1) is 5.41 Å². The molecule has 1 saturated carbocycles. The summed E-state index contributed by atoms with van der Waals surface area (Å²) in [5.74, 6) is 1.07. The van der Waals surface area contributed by atoms with E-state index in [4.69, 9.17) is 0 Å². The molecule has 0 saturated heterocycles. The third-order valence-electron chi connectivity index (χ3n) is 4.07. The second kappa shape index (κ2) is 6.90. The fourth-order valence-corrected chi connectivity index (χ4v) is 2.97. The van der Waals surface area contributed by atoms with E-state index in [9.17, 15) is 0 Å². The molecule has 0 spiro atoms. The number of rotatable bonds is 8. The van der Waals surface area contributed by atoms with Gasteiger partial charge >= 0.3 is 0 Å². The highest BCUT2D eigenvalue weighted by atomic mass is 32.1. The number of unbranched alkanes of at least 4 members (excludes halogenated alkanes) is 2. The van der Waals surface area contributed by atoms with Crippen molar-refractivity contribution in [3.05, 3.63) is 0 Å². The van der Waals surface area contributed by atoms with E-state index in [0.717, 1.165) is 5.75 Å². The Labute approximate surface area is 107 Å². The third-order valence-corrected chi connectivity index (χ3v) is 4.74. The molecule has 0 N–H and O–H groups in total. The fraction of sp³-hybridized carbons (Fsp3) is 1.00. The first kappa shape index (κ1) is 14.4. The third kappa shape index (κ3) is 3.96. The number of hydrogen-bond donors (Lipinski definition) is 1. The van der Waals surface area contributed by atoms with E-state index in [-0.39, 0.29) is 0 Å². The normalized spacial score (nSPS) is 19.1. The average molecular weight is 243 g/mol. The molecule has 1 rings (SSSR count). The summed E-state index contributed by atoms with van der Waals surface area (Å²) in [5.41, 5.74) is 0.555. The van der Waals surface area contributed by atoms with Gasteiger partial charge in [-0.1, -0.05) is 26.2 Å². The maximum absolute atomic E-state index is 4.56. The van der Waals surface area contributed by atoms with E-state index in [2.05, 4.69) is 38.3 Å². The molecule has 0 bridgehead atoms. The second-order valence-corrected chi connectivity index (χ2v) is 6.10. The maximum Gasteiger partial charge on any atom is 0.00485 e. The molecule has 0 atom stereocenters. The molecule has 0 aliphatic heterocycles. The Morgan fingerprint density at radius 2 is 1.94 bits per heavy atom. The first-order valence-corrected chi connectivity index (χ1v) is 7.62. The van der Waals surface area contributed by atoms with Crippen LogP contribution >= 0.6 is 12.6 Å². The quantitative estimate of drug-likeness (QED) is 0.498. The Bertz CT molecular complexity index is 182. The second-order valence-electron chi connectivity index (χ2n) is 5.78. The summed E-state index contributed by atoms with van der Waals surface area (Å²) in [5, 5.41) is 0. The summed E-state index contributed by atoms with van der Waals surface area (Å²) < 4.78 is 0. The summed E-state index contributed by atoms with van der Waals surface area (Å²) in [4.78, 5) is 2.67. The average Bonchev–Trinajstić information content (AvgIpc) is 2.20. The smallest absolute Gasteiger partial charge is 0.00485 e. The van der Waals surface area contributed by atoms with Gasteiger partial charge in [-0.05, 0) is 50.8 Å². The molecule has 96 valence electrons. The predicted octanol–water partition coefficient (Wildman–Crippen LogP) is 3.99. The molecule has 1 nitrogen and oxygen atoms in total. The van der Waals surface area contributed by atoms with E-state index >= 15 is 0 Å². The van der Waals surface area contributed by atoms with Crippen molar-refractivity contribution in [3.8, 4) is 0 Å². The summed E-state index contributed by atoms with van der Waals surface area (Å²) in [6.07, 6.45) is 8.26. The number of thiol groups is 1. The first-order valence-electron chi connectivity index (χ1n) is 6.98. The van der Waals surface area contributed by atoms with Crippen molar-refractivity contribution in [1.29, 1.82) is 0 Å². The molecule has 0 heterocycles. The van der Waals surface area contributed by atoms with Crippen LogP contribution in [0.3, 0.4) is 0 Å². The van der Waals surface area contributed by atoms with Gasteiger partial charge in [0.25, 0.3) is 0 Å². The highest BCUT2D eigenvalue weighted by Gasteiger charge is 2.37. The minimum Gasteiger partial charge on any atom is -0.300 e. The van der Waals surface area contributed by atoms with Gasteiger partial charge in [-0.25, -0.2) is 0 Å². The molecule has 1 fully saturated rings. The van der Waals surface area contributed by atoms with Gasteiger partial charge in [0.2, 0.25) is 0 Å². The molecule has 0 aromatic carbocycles.